The fraction of sp³-hybridized carbons (Fsp3) is 0.793. The quantitative estimate of drug-likeness (QED) is 0.459. The molecule has 3 heteroatoms. The zero-order valence-corrected chi connectivity index (χ0v) is 21.3. The molecule has 0 N–H and O–H groups in total. The van der Waals surface area contributed by atoms with Crippen molar-refractivity contribution in [2.75, 3.05) is 6.61 Å². The highest BCUT2D eigenvalue weighted by molar-refractivity contribution is 5.16. The Balaban J connectivity index is 1.47. The van der Waals surface area contributed by atoms with Crippen molar-refractivity contribution in [2.24, 2.45) is 35.5 Å². The molecule has 8 atom stereocenters. The van der Waals surface area contributed by atoms with Crippen LogP contribution in [-0.2, 0) is 14.2 Å². The molecule has 0 bridgehead atoms. The van der Waals surface area contributed by atoms with Gasteiger partial charge in [0.25, 0.3) is 0 Å². The summed E-state index contributed by atoms with van der Waals surface area (Å²) in [6, 6.07) is 10.4. The highest BCUT2D eigenvalue weighted by atomic mass is 16.7. The van der Waals surface area contributed by atoms with Gasteiger partial charge in [0.05, 0.1) is 24.4 Å². The summed E-state index contributed by atoms with van der Waals surface area (Å²) in [6.07, 6.45) is 7.69. The Hall–Kier alpha value is -0.900. The Morgan fingerprint density at radius 1 is 0.969 bits per heavy atom. The van der Waals surface area contributed by atoms with Crippen LogP contribution in [0.2, 0.25) is 0 Å². The number of rotatable bonds is 6. The second kappa shape index (κ2) is 10.2. The van der Waals surface area contributed by atoms with Gasteiger partial charge in [-0.3, -0.25) is 0 Å². The first-order valence-electron chi connectivity index (χ1n) is 13.3. The molecule has 1 heterocycles. The highest BCUT2D eigenvalue weighted by Gasteiger charge is 2.47. The lowest BCUT2D eigenvalue weighted by Gasteiger charge is -2.49. The molecule has 1 saturated heterocycles. The Bertz CT molecular complexity index is 716. The third kappa shape index (κ3) is 5.42. The molecule has 3 nitrogen and oxygen atoms in total. The van der Waals surface area contributed by atoms with Crippen LogP contribution in [0.5, 0.6) is 0 Å². The van der Waals surface area contributed by atoms with Crippen LogP contribution in [0.3, 0.4) is 0 Å². The molecule has 4 rings (SSSR count). The predicted octanol–water partition coefficient (Wildman–Crippen LogP) is 7.41. The van der Waals surface area contributed by atoms with Gasteiger partial charge in [0, 0.05) is 5.56 Å². The molecule has 2 saturated carbocycles. The number of hydrogen-bond acceptors (Lipinski definition) is 3. The lowest BCUT2D eigenvalue weighted by Crippen LogP contribution is -2.49. The molecule has 0 amide bonds. The standard InChI is InChI=1S/C29H46O3/c1-19(2)23-14-15-29(6,32-26-16-21(5)12-13-24(26)20(3)4)17-25(23)27-18-30-28(31-27)22-10-8-7-9-11-22/h7-11,19-21,23-28H,12-18H2,1-6H3. The van der Waals surface area contributed by atoms with E-state index in [-0.39, 0.29) is 18.0 Å². The summed E-state index contributed by atoms with van der Waals surface area (Å²) in [5.41, 5.74) is 1.07. The number of benzene rings is 1. The van der Waals surface area contributed by atoms with Crippen molar-refractivity contribution in [2.45, 2.75) is 104 Å². The molecule has 1 aromatic carbocycles. The van der Waals surface area contributed by atoms with E-state index in [2.05, 4.69) is 65.8 Å². The smallest absolute Gasteiger partial charge is 0.184 e. The minimum atomic E-state index is -0.229. The summed E-state index contributed by atoms with van der Waals surface area (Å²) in [5.74, 6) is 3.97. The van der Waals surface area contributed by atoms with Crippen LogP contribution in [0, 0.1) is 35.5 Å². The van der Waals surface area contributed by atoms with E-state index >= 15 is 0 Å². The van der Waals surface area contributed by atoms with Crippen LogP contribution in [0.1, 0.15) is 91.9 Å². The Morgan fingerprint density at radius 2 is 1.69 bits per heavy atom. The summed E-state index contributed by atoms with van der Waals surface area (Å²) in [4.78, 5) is 0. The summed E-state index contributed by atoms with van der Waals surface area (Å²) < 4.78 is 19.8. The summed E-state index contributed by atoms with van der Waals surface area (Å²) in [6.45, 7) is 15.0. The van der Waals surface area contributed by atoms with Gasteiger partial charge >= 0.3 is 0 Å². The third-order valence-corrected chi connectivity index (χ3v) is 8.74. The van der Waals surface area contributed by atoms with Crippen molar-refractivity contribution in [3.63, 3.8) is 0 Å². The van der Waals surface area contributed by atoms with E-state index in [1.807, 2.05) is 6.07 Å². The van der Waals surface area contributed by atoms with Crippen LogP contribution in [0.15, 0.2) is 30.3 Å². The van der Waals surface area contributed by atoms with E-state index in [9.17, 15) is 0 Å². The van der Waals surface area contributed by atoms with Gasteiger partial charge in [0.15, 0.2) is 6.29 Å². The van der Waals surface area contributed by atoms with Crippen molar-refractivity contribution in [3.05, 3.63) is 35.9 Å². The molecule has 3 fully saturated rings. The van der Waals surface area contributed by atoms with E-state index in [0.29, 0.717) is 42.3 Å². The zero-order chi connectivity index (χ0) is 22.9. The molecule has 180 valence electrons. The second-order valence-corrected chi connectivity index (χ2v) is 12.0. The molecule has 0 radical (unpaired) electrons. The molecule has 1 aromatic rings. The van der Waals surface area contributed by atoms with Gasteiger partial charge in [0.1, 0.15) is 0 Å². The van der Waals surface area contributed by atoms with Crippen molar-refractivity contribution in [1.29, 1.82) is 0 Å². The minimum absolute atomic E-state index is 0.0564. The first-order chi connectivity index (χ1) is 15.3. The van der Waals surface area contributed by atoms with Crippen molar-refractivity contribution < 1.29 is 14.2 Å². The molecule has 0 aromatic heterocycles. The number of hydrogen-bond donors (Lipinski definition) is 0. The first kappa shape index (κ1) is 24.2. The largest absolute Gasteiger partial charge is 0.372 e. The van der Waals surface area contributed by atoms with Gasteiger partial charge in [-0.05, 0) is 74.5 Å². The molecular formula is C29H46O3. The topological polar surface area (TPSA) is 27.7 Å². The van der Waals surface area contributed by atoms with Crippen molar-refractivity contribution >= 4 is 0 Å². The summed E-state index contributed by atoms with van der Waals surface area (Å²) in [7, 11) is 0. The average molecular weight is 443 g/mol. The molecule has 1 aliphatic heterocycles. The molecular weight excluding hydrogens is 396 g/mol. The summed E-state index contributed by atoms with van der Waals surface area (Å²) >= 11 is 0. The van der Waals surface area contributed by atoms with Gasteiger partial charge in [-0.2, -0.15) is 0 Å². The van der Waals surface area contributed by atoms with E-state index < -0.39 is 0 Å². The van der Waals surface area contributed by atoms with Crippen LogP contribution >= 0.6 is 0 Å². The monoisotopic (exact) mass is 442 g/mol. The zero-order valence-electron chi connectivity index (χ0n) is 21.3. The summed E-state index contributed by atoms with van der Waals surface area (Å²) in [5, 5.41) is 0. The fourth-order valence-electron chi connectivity index (χ4n) is 6.82. The van der Waals surface area contributed by atoms with Crippen LogP contribution in [-0.4, -0.2) is 24.4 Å². The van der Waals surface area contributed by atoms with Gasteiger partial charge < -0.3 is 14.2 Å². The predicted molar refractivity (Wildman–Crippen MR) is 130 cm³/mol. The van der Waals surface area contributed by atoms with Crippen molar-refractivity contribution in [1.82, 2.24) is 0 Å². The van der Waals surface area contributed by atoms with Crippen LogP contribution in [0.25, 0.3) is 0 Å². The van der Waals surface area contributed by atoms with E-state index in [1.165, 1.54) is 25.7 Å². The fourth-order valence-corrected chi connectivity index (χ4v) is 6.82. The molecule has 32 heavy (non-hydrogen) atoms. The van der Waals surface area contributed by atoms with Gasteiger partial charge in [0.2, 0.25) is 0 Å². The molecule has 0 spiro atoms. The van der Waals surface area contributed by atoms with Gasteiger partial charge in [-0.25, -0.2) is 0 Å². The lowest BCUT2D eigenvalue weighted by atomic mass is 9.66. The van der Waals surface area contributed by atoms with Crippen LogP contribution < -0.4 is 0 Å². The maximum Gasteiger partial charge on any atom is 0.184 e. The SMILES string of the molecule is CC1CCC(C(C)C)C(OC2(C)CCC(C(C)C)C(C3COC(c4ccccc4)O3)C2)C1. The maximum atomic E-state index is 7.10. The highest BCUT2D eigenvalue weighted by Crippen LogP contribution is 2.48. The van der Waals surface area contributed by atoms with E-state index in [0.717, 1.165) is 24.3 Å². The van der Waals surface area contributed by atoms with E-state index in [4.69, 9.17) is 14.2 Å². The normalized spacial score (nSPS) is 40.8. The van der Waals surface area contributed by atoms with Crippen molar-refractivity contribution in [3.8, 4) is 0 Å². The minimum Gasteiger partial charge on any atom is -0.372 e. The lowest BCUT2D eigenvalue weighted by molar-refractivity contribution is -0.172. The Morgan fingerprint density at radius 3 is 2.38 bits per heavy atom. The maximum absolute atomic E-state index is 7.10. The van der Waals surface area contributed by atoms with E-state index in [1.54, 1.807) is 0 Å². The second-order valence-electron chi connectivity index (χ2n) is 12.0. The van der Waals surface area contributed by atoms with Gasteiger partial charge in [-0.1, -0.05) is 71.4 Å². The third-order valence-electron chi connectivity index (χ3n) is 8.74. The molecule has 3 aliphatic rings. The molecule has 2 aliphatic carbocycles. The Labute approximate surface area is 196 Å². The van der Waals surface area contributed by atoms with Gasteiger partial charge in [-0.15, -0.1) is 0 Å². The van der Waals surface area contributed by atoms with Crippen LogP contribution in [0.4, 0.5) is 0 Å². The average Bonchev–Trinajstić information content (AvgIpc) is 3.24. The first-order valence-corrected chi connectivity index (χ1v) is 13.3. The Kier molecular flexibility index (Phi) is 7.69. The molecule has 8 unspecified atom stereocenters. The number of ether oxygens (including phenoxy) is 3.